The minimum Gasteiger partial charge on any atom is -0.496 e. The predicted octanol–water partition coefficient (Wildman–Crippen LogP) is 0.234. The summed E-state index contributed by atoms with van der Waals surface area (Å²) >= 11 is 1.33. The van der Waals surface area contributed by atoms with Crippen LogP contribution in [0.2, 0.25) is 0 Å². The number of hydrogen-bond acceptors (Lipinski definition) is 7. The number of fused-ring (bicyclic) bond motifs is 1. The molecule has 2 heterocycles. The standard InChI is InChI=1S/C20H25N3O6S/c1-3-6-20(19(27)28)9-23-17(26)15(18(23)30-10-20)22-16(25)14(21)11-4-5-12(8-24)13(7-11)29-2/h3-7,14-15,18,24H,8-10,21H2,1-2H3,(H,22,25)(H,27,28)/t14?,15?,18-,20?/m1/s1. The Balaban J connectivity index is 1.68. The zero-order valence-corrected chi connectivity index (χ0v) is 17.5. The molecule has 162 valence electrons. The van der Waals surface area contributed by atoms with Gasteiger partial charge in [-0.3, -0.25) is 14.4 Å². The molecule has 2 fully saturated rings. The van der Waals surface area contributed by atoms with Gasteiger partial charge in [0, 0.05) is 17.9 Å². The highest BCUT2D eigenvalue weighted by Gasteiger charge is 2.56. The molecular weight excluding hydrogens is 410 g/mol. The number of aliphatic hydroxyl groups is 1. The summed E-state index contributed by atoms with van der Waals surface area (Å²) in [7, 11) is 1.46. The van der Waals surface area contributed by atoms with Gasteiger partial charge in [0.25, 0.3) is 0 Å². The minimum absolute atomic E-state index is 0.0709. The summed E-state index contributed by atoms with van der Waals surface area (Å²) in [5, 5.41) is 21.3. The number of aliphatic carboxylic acids is 1. The van der Waals surface area contributed by atoms with Crippen LogP contribution in [0.3, 0.4) is 0 Å². The molecule has 1 aromatic rings. The Hall–Kier alpha value is -2.56. The lowest BCUT2D eigenvalue weighted by atomic mass is 9.86. The summed E-state index contributed by atoms with van der Waals surface area (Å²) in [6.45, 7) is 1.61. The number of rotatable bonds is 7. The number of carboxylic acid groups (broad SMARTS) is 1. The molecule has 0 saturated carbocycles. The van der Waals surface area contributed by atoms with Crippen LogP contribution >= 0.6 is 11.8 Å². The maximum Gasteiger partial charge on any atom is 0.316 e. The van der Waals surface area contributed by atoms with E-state index in [1.807, 2.05) is 0 Å². The molecule has 3 rings (SSSR count). The second-order valence-electron chi connectivity index (χ2n) is 7.32. The summed E-state index contributed by atoms with van der Waals surface area (Å²) in [6.07, 6.45) is 3.28. The molecule has 1 aromatic carbocycles. The zero-order valence-electron chi connectivity index (χ0n) is 16.7. The molecule has 0 aliphatic carbocycles. The number of methoxy groups -OCH3 is 1. The third-order valence-corrected chi connectivity index (χ3v) is 6.99. The van der Waals surface area contributed by atoms with E-state index in [1.54, 1.807) is 37.3 Å². The first kappa shape index (κ1) is 22.1. The van der Waals surface area contributed by atoms with Gasteiger partial charge in [-0.25, -0.2) is 0 Å². The number of nitrogens with two attached hydrogens (primary N) is 1. The molecule has 2 aliphatic rings. The number of benzene rings is 1. The largest absolute Gasteiger partial charge is 0.496 e. The molecule has 10 heteroatoms. The molecule has 0 spiro atoms. The van der Waals surface area contributed by atoms with Gasteiger partial charge in [0.1, 0.15) is 28.6 Å². The van der Waals surface area contributed by atoms with Crippen LogP contribution in [0.4, 0.5) is 0 Å². The first-order valence-corrected chi connectivity index (χ1v) is 10.5. The lowest BCUT2D eigenvalue weighted by molar-refractivity contribution is -0.156. The highest BCUT2D eigenvalue weighted by Crippen LogP contribution is 2.43. The van der Waals surface area contributed by atoms with Crippen molar-refractivity contribution in [3.63, 3.8) is 0 Å². The molecule has 0 bridgehead atoms. The van der Waals surface area contributed by atoms with E-state index in [4.69, 9.17) is 10.5 Å². The molecule has 4 atom stereocenters. The molecule has 2 amide bonds. The molecule has 5 N–H and O–H groups in total. The van der Waals surface area contributed by atoms with Crippen molar-refractivity contribution in [3.8, 4) is 5.75 Å². The Kier molecular flexibility index (Phi) is 6.39. The molecule has 30 heavy (non-hydrogen) atoms. The summed E-state index contributed by atoms with van der Waals surface area (Å²) in [6, 6.07) is 3.06. The first-order valence-electron chi connectivity index (χ1n) is 9.41. The van der Waals surface area contributed by atoms with Crippen molar-refractivity contribution in [2.45, 2.75) is 31.0 Å². The Morgan fingerprint density at radius 3 is 2.83 bits per heavy atom. The van der Waals surface area contributed by atoms with E-state index in [0.29, 0.717) is 22.6 Å². The van der Waals surface area contributed by atoms with Gasteiger partial charge in [-0.05, 0) is 18.6 Å². The van der Waals surface area contributed by atoms with Gasteiger partial charge in [0.2, 0.25) is 11.8 Å². The van der Waals surface area contributed by atoms with Crippen molar-refractivity contribution in [2.75, 3.05) is 19.4 Å². The molecule has 2 aliphatic heterocycles. The average molecular weight is 436 g/mol. The molecule has 0 radical (unpaired) electrons. The van der Waals surface area contributed by atoms with Crippen LogP contribution in [0.1, 0.15) is 24.1 Å². The fourth-order valence-corrected chi connectivity index (χ4v) is 5.21. The van der Waals surface area contributed by atoms with Crippen molar-refractivity contribution in [1.29, 1.82) is 0 Å². The lowest BCUT2D eigenvalue weighted by Crippen LogP contribution is -2.73. The van der Waals surface area contributed by atoms with Crippen molar-refractivity contribution in [2.24, 2.45) is 11.1 Å². The van der Waals surface area contributed by atoms with Gasteiger partial charge < -0.3 is 30.9 Å². The van der Waals surface area contributed by atoms with Crippen LogP contribution < -0.4 is 15.8 Å². The number of carbonyl (C=O) groups excluding carboxylic acids is 2. The monoisotopic (exact) mass is 435 g/mol. The number of hydrogen-bond donors (Lipinski definition) is 4. The number of β-lactam (4-membered cyclic amide) rings is 1. The number of carboxylic acids is 1. The number of allylic oxidation sites excluding steroid dienone is 1. The number of ether oxygens (including phenoxy) is 1. The quantitative estimate of drug-likeness (QED) is 0.352. The number of nitrogens with zero attached hydrogens (tertiary/aromatic N) is 1. The zero-order chi connectivity index (χ0) is 22.1. The van der Waals surface area contributed by atoms with E-state index in [9.17, 15) is 24.6 Å². The highest BCUT2D eigenvalue weighted by atomic mass is 32.2. The molecular formula is C20H25N3O6S. The maximum atomic E-state index is 12.6. The number of carbonyl (C=O) groups is 3. The topological polar surface area (TPSA) is 142 Å². The summed E-state index contributed by atoms with van der Waals surface area (Å²) < 4.78 is 5.20. The fourth-order valence-electron chi connectivity index (χ4n) is 3.69. The van der Waals surface area contributed by atoms with Crippen molar-refractivity contribution >= 4 is 29.5 Å². The Morgan fingerprint density at radius 1 is 1.50 bits per heavy atom. The Labute approximate surface area is 178 Å². The van der Waals surface area contributed by atoms with E-state index < -0.39 is 29.4 Å². The van der Waals surface area contributed by atoms with E-state index in [1.165, 1.54) is 23.8 Å². The molecule has 0 aromatic heterocycles. The fraction of sp³-hybridized carbons (Fsp3) is 0.450. The van der Waals surface area contributed by atoms with Gasteiger partial charge in [0.05, 0.1) is 13.7 Å². The summed E-state index contributed by atoms with van der Waals surface area (Å²) in [5.74, 6) is -1.10. The van der Waals surface area contributed by atoms with Gasteiger partial charge in [-0.15, -0.1) is 11.8 Å². The van der Waals surface area contributed by atoms with E-state index in [2.05, 4.69) is 5.32 Å². The SMILES string of the molecule is CC=CC1(C(=O)O)CS[C@@H]2C(NC(=O)C(N)c3ccc(CO)c(OC)c3)C(=O)N2C1. The molecule has 9 nitrogen and oxygen atoms in total. The Bertz CT molecular complexity index is 891. The second kappa shape index (κ2) is 8.66. The molecule has 2 saturated heterocycles. The number of aliphatic hydroxyl groups excluding tert-OH is 1. The lowest BCUT2D eigenvalue weighted by Gasteiger charge is -2.53. The first-order chi connectivity index (χ1) is 14.3. The van der Waals surface area contributed by atoms with Crippen LogP contribution in [0.25, 0.3) is 0 Å². The van der Waals surface area contributed by atoms with E-state index >= 15 is 0 Å². The highest BCUT2D eigenvalue weighted by molar-refractivity contribution is 8.00. The maximum absolute atomic E-state index is 12.6. The van der Waals surface area contributed by atoms with Crippen LogP contribution in [0.15, 0.2) is 30.4 Å². The van der Waals surface area contributed by atoms with E-state index in [0.717, 1.165) is 0 Å². The third kappa shape index (κ3) is 3.78. The molecule has 3 unspecified atom stereocenters. The average Bonchev–Trinajstić information content (AvgIpc) is 2.76. The second-order valence-corrected chi connectivity index (χ2v) is 8.43. The van der Waals surface area contributed by atoms with Gasteiger partial charge in [-0.2, -0.15) is 0 Å². The minimum atomic E-state index is -1.12. The normalized spacial score (nSPS) is 26.7. The van der Waals surface area contributed by atoms with Crippen molar-refractivity contribution in [3.05, 3.63) is 41.5 Å². The third-order valence-electron chi connectivity index (χ3n) is 5.44. The van der Waals surface area contributed by atoms with E-state index in [-0.39, 0.29) is 24.4 Å². The van der Waals surface area contributed by atoms with Gasteiger partial charge in [-0.1, -0.05) is 24.3 Å². The van der Waals surface area contributed by atoms with Crippen LogP contribution in [0, 0.1) is 5.41 Å². The van der Waals surface area contributed by atoms with Crippen molar-refractivity contribution < 1.29 is 29.3 Å². The van der Waals surface area contributed by atoms with Crippen LogP contribution in [0.5, 0.6) is 5.75 Å². The van der Waals surface area contributed by atoms with Crippen molar-refractivity contribution in [1.82, 2.24) is 10.2 Å². The number of amides is 2. The van der Waals surface area contributed by atoms with Crippen LogP contribution in [-0.2, 0) is 21.0 Å². The Morgan fingerprint density at radius 2 is 2.23 bits per heavy atom. The van der Waals surface area contributed by atoms with Gasteiger partial charge in [0.15, 0.2) is 0 Å². The van der Waals surface area contributed by atoms with Crippen LogP contribution in [-0.4, -0.2) is 63.7 Å². The smallest absolute Gasteiger partial charge is 0.316 e. The number of nitrogens with one attached hydrogen (secondary N) is 1. The van der Waals surface area contributed by atoms with Gasteiger partial charge >= 0.3 is 5.97 Å². The number of thioether (sulfide) groups is 1. The predicted molar refractivity (Wildman–Crippen MR) is 111 cm³/mol. The summed E-state index contributed by atoms with van der Waals surface area (Å²) in [4.78, 5) is 38.5. The summed E-state index contributed by atoms with van der Waals surface area (Å²) in [5.41, 5.74) is 6.00.